The normalized spacial score (nSPS) is 29.9. The zero-order valence-corrected chi connectivity index (χ0v) is 10.8. The Morgan fingerprint density at radius 1 is 1.00 bits per heavy atom. The lowest BCUT2D eigenvalue weighted by Crippen LogP contribution is -2.55. The van der Waals surface area contributed by atoms with Gasteiger partial charge in [-0.2, -0.15) is 0 Å². The predicted molar refractivity (Wildman–Crippen MR) is 64.2 cm³/mol. The summed E-state index contributed by atoms with van der Waals surface area (Å²) in [7, 11) is 2.34. The third kappa shape index (κ3) is 1.93. The topological polar surface area (TPSA) is 136 Å². The van der Waals surface area contributed by atoms with Crippen LogP contribution in [-0.4, -0.2) is 53.9 Å². The molecule has 3 N–H and O–H groups in total. The molecule has 0 amide bonds. The molecule has 0 aliphatic carbocycles. The second kappa shape index (κ2) is 4.98. The van der Waals surface area contributed by atoms with Crippen molar-refractivity contribution in [2.75, 3.05) is 6.61 Å². The molecule has 1 aliphatic heterocycles. The largest absolute Gasteiger partial charge is 0.394 e. The Balaban J connectivity index is 2.64. The molecule has 1 aliphatic rings. The van der Waals surface area contributed by atoms with Crippen molar-refractivity contribution in [1.29, 1.82) is 0 Å². The van der Waals surface area contributed by atoms with Crippen molar-refractivity contribution < 1.29 is 20.1 Å². The molecule has 4 atom stereocenters. The van der Waals surface area contributed by atoms with Gasteiger partial charge in [0.2, 0.25) is 0 Å². The van der Waals surface area contributed by atoms with E-state index >= 15 is 0 Å². The van der Waals surface area contributed by atoms with Crippen LogP contribution >= 0.6 is 0 Å². The number of aromatic nitrogens is 3. The van der Waals surface area contributed by atoms with Crippen LogP contribution in [0.2, 0.25) is 0 Å². The highest BCUT2D eigenvalue weighted by atomic mass is 16.6. The van der Waals surface area contributed by atoms with Crippen LogP contribution in [0.15, 0.2) is 14.4 Å². The molecule has 0 saturated carbocycles. The molecule has 0 bridgehead atoms. The van der Waals surface area contributed by atoms with Gasteiger partial charge in [-0.15, -0.1) is 0 Å². The molecule has 0 radical (unpaired) electrons. The highest BCUT2D eigenvalue weighted by Crippen LogP contribution is 2.26. The first kappa shape index (κ1) is 14.7. The van der Waals surface area contributed by atoms with E-state index in [2.05, 4.69) is 0 Å². The van der Waals surface area contributed by atoms with Crippen molar-refractivity contribution in [1.82, 2.24) is 13.7 Å². The predicted octanol–water partition coefficient (Wildman–Crippen LogP) is -4.14. The molecule has 10 heteroatoms. The van der Waals surface area contributed by atoms with Gasteiger partial charge in [0, 0.05) is 14.1 Å². The van der Waals surface area contributed by atoms with E-state index in [9.17, 15) is 24.6 Å². The Morgan fingerprint density at radius 3 is 1.90 bits per heavy atom. The molecule has 10 nitrogen and oxygen atoms in total. The Morgan fingerprint density at radius 2 is 1.50 bits per heavy atom. The molecule has 2 rings (SSSR count). The van der Waals surface area contributed by atoms with Gasteiger partial charge in [-0.05, 0) is 0 Å². The Bertz CT molecular complexity index is 647. The SMILES string of the molecule is Cn1c(=O)n(C)c(=O)n([C@@H]2O[C@H](CO)[C@@H](O)[C@H]2O)c1=O. The molecule has 0 aromatic carbocycles. The van der Waals surface area contributed by atoms with Crippen LogP contribution in [0.3, 0.4) is 0 Å². The van der Waals surface area contributed by atoms with Crippen LogP contribution in [-0.2, 0) is 18.8 Å². The smallest absolute Gasteiger partial charge is 0.338 e. The van der Waals surface area contributed by atoms with Crippen LogP contribution in [0, 0.1) is 0 Å². The molecule has 20 heavy (non-hydrogen) atoms. The molecule has 0 unspecified atom stereocenters. The maximum Gasteiger partial charge on any atom is 0.338 e. The van der Waals surface area contributed by atoms with Crippen molar-refractivity contribution in [3.8, 4) is 0 Å². The van der Waals surface area contributed by atoms with E-state index in [1.165, 1.54) is 14.1 Å². The number of nitrogens with zero attached hydrogens (tertiary/aromatic N) is 3. The van der Waals surface area contributed by atoms with Gasteiger partial charge < -0.3 is 20.1 Å². The number of hydrogen-bond acceptors (Lipinski definition) is 7. The van der Waals surface area contributed by atoms with Gasteiger partial charge in [0.15, 0.2) is 6.23 Å². The van der Waals surface area contributed by atoms with Crippen molar-refractivity contribution >= 4 is 0 Å². The minimum Gasteiger partial charge on any atom is -0.394 e. The summed E-state index contributed by atoms with van der Waals surface area (Å²) in [6.45, 7) is -0.588. The van der Waals surface area contributed by atoms with Crippen LogP contribution in [0.1, 0.15) is 6.23 Å². The molecule has 1 aromatic rings. The van der Waals surface area contributed by atoms with Gasteiger partial charge in [-0.3, -0.25) is 0 Å². The van der Waals surface area contributed by atoms with Gasteiger partial charge in [0.1, 0.15) is 18.3 Å². The van der Waals surface area contributed by atoms with E-state index < -0.39 is 48.2 Å². The molecule has 1 aromatic heterocycles. The van der Waals surface area contributed by atoms with Gasteiger partial charge in [-0.25, -0.2) is 28.1 Å². The summed E-state index contributed by atoms with van der Waals surface area (Å²) in [4.78, 5) is 35.5. The van der Waals surface area contributed by atoms with E-state index in [0.29, 0.717) is 13.7 Å². The fourth-order valence-electron chi connectivity index (χ4n) is 2.10. The molecular formula is C10H15N3O7. The lowest BCUT2D eigenvalue weighted by Gasteiger charge is -2.17. The summed E-state index contributed by atoms with van der Waals surface area (Å²) in [5.41, 5.74) is -2.77. The molecule has 2 heterocycles. The molecule has 112 valence electrons. The van der Waals surface area contributed by atoms with E-state index in [4.69, 9.17) is 9.84 Å². The average Bonchev–Trinajstić information content (AvgIpc) is 2.71. The summed E-state index contributed by atoms with van der Waals surface area (Å²) in [6.07, 6.45) is -5.61. The van der Waals surface area contributed by atoms with Crippen LogP contribution < -0.4 is 17.1 Å². The van der Waals surface area contributed by atoms with Crippen molar-refractivity contribution in [3.63, 3.8) is 0 Å². The van der Waals surface area contributed by atoms with Gasteiger partial charge in [0.25, 0.3) is 0 Å². The summed E-state index contributed by atoms with van der Waals surface area (Å²) >= 11 is 0. The number of rotatable bonds is 2. The zero-order valence-electron chi connectivity index (χ0n) is 10.8. The number of aliphatic hydroxyl groups is 3. The first-order valence-electron chi connectivity index (χ1n) is 5.82. The number of hydrogen-bond donors (Lipinski definition) is 3. The number of aliphatic hydroxyl groups excluding tert-OH is 3. The third-order valence-corrected chi connectivity index (χ3v) is 3.33. The first-order chi connectivity index (χ1) is 9.31. The molecule has 1 saturated heterocycles. The fraction of sp³-hybridized carbons (Fsp3) is 0.700. The summed E-state index contributed by atoms with van der Waals surface area (Å²) in [6, 6.07) is 0. The summed E-state index contributed by atoms with van der Waals surface area (Å²) in [5, 5.41) is 28.5. The maximum atomic E-state index is 12.0. The quantitative estimate of drug-likeness (QED) is 0.503. The lowest BCUT2D eigenvalue weighted by molar-refractivity contribution is -0.0584. The molecule has 1 fully saturated rings. The Kier molecular flexibility index (Phi) is 3.65. The van der Waals surface area contributed by atoms with E-state index in [-0.39, 0.29) is 0 Å². The van der Waals surface area contributed by atoms with Crippen molar-refractivity contribution in [2.45, 2.75) is 24.5 Å². The standard InChI is InChI=1S/C10H15N3O7/c1-11-8(17)12(2)10(19)13(9(11)18)7-6(16)5(15)4(3-14)20-7/h4-7,14-16H,3H2,1-2H3/t4-,5-,6-,7-/m1/s1. The van der Waals surface area contributed by atoms with Crippen LogP contribution in [0.5, 0.6) is 0 Å². The van der Waals surface area contributed by atoms with E-state index in [1.54, 1.807) is 0 Å². The molecule has 0 spiro atoms. The van der Waals surface area contributed by atoms with Gasteiger partial charge in [-0.1, -0.05) is 0 Å². The average molecular weight is 289 g/mol. The second-order valence-electron chi connectivity index (χ2n) is 4.56. The van der Waals surface area contributed by atoms with E-state index in [0.717, 1.165) is 0 Å². The lowest BCUT2D eigenvalue weighted by atomic mass is 10.1. The Hall–Kier alpha value is -1.75. The first-order valence-corrected chi connectivity index (χ1v) is 5.82. The molecular weight excluding hydrogens is 274 g/mol. The third-order valence-electron chi connectivity index (χ3n) is 3.33. The van der Waals surface area contributed by atoms with Crippen LogP contribution in [0.4, 0.5) is 0 Å². The highest BCUT2D eigenvalue weighted by Gasteiger charge is 2.44. The number of ether oxygens (including phenoxy) is 1. The van der Waals surface area contributed by atoms with Crippen molar-refractivity contribution in [2.24, 2.45) is 14.1 Å². The monoisotopic (exact) mass is 289 g/mol. The Labute approximate surface area is 111 Å². The highest BCUT2D eigenvalue weighted by molar-refractivity contribution is 4.91. The fourth-order valence-corrected chi connectivity index (χ4v) is 2.10. The van der Waals surface area contributed by atoms with Crippen molar-refractivity contribution in [3.05, 3.63) is 31.5 Å². The maximum absolute atomic E-state index is 12.0. The minimum atomic E-state index is -1.57. The van der Waals surface area contributed by atoms with Crippen LogP contribution in [0.25, 0.3) is 0 Å². The van der Waals surface area contributed by atoms with E-state index in [1.807, 2.05) is 0 Å². The van der Waals surface area contributed by atoms with Gasteiger partial charge in [0.05, 0.1) is 6.61 Å². The summed E-state index contributed by atoms with van der Waals surface area (Å²) in [5.74, 6) is 0. The second-order valence-corrected chi connectivity index (χ2v) is 4.56. The summed E-state index contributed by atoms with van der Waals surface area (Å²) < 4.78 is 7.00. The zero-order chi connectivity index (χ0) is 15.2. The minimum absolute atomic E-state index is 0.533. The van der Waals surface area contributed by atoms with Gasteiger partial charge >= 0.3 is 17.1 Å².